The molecule has 1 saturated carbocycles. The van der Waals surface area contributed by atoms with E-state index < -0.39 is 0 Å². The molecule has 2 N–H and O–H groups in total. The summed E-state index contributed by atoms with van der Waals surface area (Å²) in [5.41, 5.74) is 5.36. The normalized spacial score (nSPS) is 21.3. The average Bonchev–Trinajstić information content (AvgIpc) is 3.89. The van der Waals surface area contributed by atoms with Crippen molar-refractivity contribution < 1.29 is 9.53 Å². The second-order valence-corrected chi connectivity index (χ2v) is 15.5. The van der Waals surface area contributed by atoms with Gasteiger partial charge in [0.05, 0.1) is 49.1 Å². The van der Waals surface area contributed by atoms with E-state index in [4.69, 9.17) is 44.5 Å². The monoisotopic (exact) mass is 744 g/mol. The molecular formula is C40H43Cl3N6O2. The molecule has 3 aromatic carbocycles. The number of nitrogens with zero attached hydrogens (tertiary/aromatic N) is 4. The third-order valence-corrected chi connectivity index (χ3v) is 12.0. The van der Waals surface area contributed by atoms with Gasteiger partial charge in [-0.25, -0.2) is 4.98 Å². The summed E-state index contributed by atoms with van der Waals surface area (Å²) < 4.78 is 8.14. The van der Waals surface area contributed by atoms with Crippen LogP contribution in [-0.4, -0.2) is 87.8 Å². The maximum Gasteiger partial charge on any atom is 0.268 e. The number of ether oxygens (including phenoxy) is 1. The Kier molecular flexibility index (Phi) is 10.2. The van der Waals surface area contributed by atoms with Gasteiger partial charge in [-0.1, -0.05) is 96.5 Å². The smallest absolute Gasteiger partial charge is 0.268 e. The van der Waals surface area contributed by atoms with E-state index in [9.17, 15) is 4.79 Å². The molecule has 2 aromatic heterocycles. The first-order valence-electron chi connectivity index (χ1n) is 18.1. The molecule has 8 rings (SSSR count). The highest BCUT2D eigenvalue weighted by molar-refractivity contribution is 6.35. The second kappa shape index (κ2) is 14.9. The van der Waals surface area contributed by atoms with Crippen molar-refractivity contribution in [2.45, 2.75) is 63.2 Å². The van der Waals surface area contributed by atoms with Crippen LogP contribution in [0, 0.1) is 0 Å². The van der Waals surface area contributed by atoms with Crippen molar-refractivity contribution in [3.05, 3.63) is 99.4 Å². The molecule has 11 heteroatoms. The summed E-state index contributed by atoms with van der Waals surface area (Å²) in [6.45, 7) is 7.26. The van der Waals surface area contributed by atoms with Crippen LogP contribution in [0.4, 0.5) is 0 Å². The van der Waals surface area contributed by atoms with Gasteiger partial charge in [-0.3, -0.25) is 14.6 Å². The molecule has 0 radical (unpaired) electrons. The Balaban J connectivity index is 1.15. The van der Waals surface area contributed by atoms with Crippen molar-refractivity contribution in [1.82, 2.24) is 29.7 Å². The van der Waals surface area contributed by atoms with E-state index in [0.717, 1.165) is 71.2 Å². The van der Waals surface area contributed by atoms with Crippen LogP contribution in [0.15, 0.2) is 73.1 Å². The summed E-state index contributed by atoms with van der Waals surface area (Å²) in [7, 11) is 0. The highest BCUT2D eigenvalue weighted by atomic mass is 35.5. The Labute approximate surface area is 314 Å². The van der Waals surface area contributed by atoms with Crippen molar-refractivity contribution >= 4 is 51.6 Å². The minimum Gasteiger partial charge on any atom is -0.378 e. The highest BCUT2D eigenvalue weighted by Gasteiger charge is 2.38. The van der Waals surface area contributed by atoms with Gasteiger partial charge < -0.3 is 19.6 Å². The summed E-state index contributed by atoms with van der Waals surface area (Å²) in [4.78, 5) is 28.3. The van der Waals surface area contributed by atoms with E-state index in [0.29, 0.717) is 34.0 Å². The lowest BCUT2D eigenvalue weighted by Crippen LogP contribution is -2.58. The molecule has 0 spiro atoms. The molecule has 3 fully saturated rings. The van der Waals surface area contributed by atoms with Crippen LogP contribution in [0.1, 0.15) is 61.1 Å². The van der Waals surface area contributed by atoms with Crippen molar-refractivity contribution in [3.63, 3.8) is 0 Å². The Hall–Kier alpha value is -3.37. The average molecular weight is 746 g/mol. The molecule has 0 bridgehead atoms. The SMILES string of the molecule is C[C@@H](c1ccc(Cl)cc1Cl)n1cnc(-c2ccccc2)c1-c1c(C(=O)N[C@@H]2COC[C@H]2N2CCN(C3CCCCC3)CC2)[nH]c2cc(Cl)ccc12. The number of halogens is 3. The number of fused-ring (bicyclic) bond motifs is 1. The lowest BCUT2D eigenvalue weighted by molar-refractivity contribution is 0.0474. The third-order valence-electron chi connectivity index (χ3n) is 11.2. The number of amides is 1. The molecule has 2 saturated heterocycles. The maximum absolute atomic E-state index is 14.6. The molecule has 1 aliphatic carbocycles. The highest BCUT2D eigenvalue weighted by Crippen LogP contribution is 2.42. The second-order valence-electron chi connectivity index (χ2n) is 14.2. The van der Waals surface area contributed by atoms with Crippen molar-refractivity contribution in [2.24, 2.45) is 0 Å². The van der Waals surface area contributed by atoms with Crippen LogP contribution < -0.4 is 5.32 Å². The number of H-pyrrole nitrogens is 1. The number of nitrogens with one attached hydrogen (secondary N) is 2. The van der Waals surface area contributed by atoms with E-state index in [1.165, 1.54) is 32.1 Å². The lowest BCUT2D eigenvalue weighted by Gasteiger charge is -2.43. The molecule has 8 nitrogen and oxygen atoms in total. The van der Waals surface area contributed by atoms with E-state index in [1.54, 1.807) is 6.07 Å². The van der Waals surface area contributed by atoms with E-state index >= 15 is 0 Å². The molecule has 3 aliphatic rings. The van der Waals surface area contributed by atoms with Gasteiger partial charge in [-0.05, 0) is 49.6 Å². The minimum absolute atomic E-state index is 0.113. The number of carbonyl (C=O) groups excluding carboxylic acids is 1. The molecule has 4 heterocycles. The zero-order chi connectivity index (χ0) is 35.1. The van der Waals surface area contributed by atoms with Gasteiger partial charge in [0.15, 0.2) is 0 Å². The minimum atomic E-state index is -0.234. The number of aromatic amines is 1. The standard InChI is InChI=1S/C40H43Cl3N6O2/c1-25(30-14-12-27(41)20-32(30)43)49-24-44-37(26-8-4-2-5-9-26)39(49)36-31-15-13-28(42)21-33(31)45-38(36)40(50)46-34-22-51-23-35(34)48-18-16-47(17-19-48)29-10-6-3-7-11-29/h2,4-5,8-9,12-15,20-21,24-25,29,34-35,45H,3,6-7,10-11,16-19,22-23H2,1H3,(H,46,50)/t25-,34+,35+/m0/s1. The summed E-state index contributed by atoms with van der Waals surface area (Å²) >= 11 is 19.6. The van der Waals surface area contributed by atoms with Crippen molar-refractivity contribution in [1.29, 1.82) is 0 Å². The topological polar surface area (TPSA) is 78.4 Å². The van der Waals surface area contributed by atoms with Gasteiger partial charge in [0, 0.05) is 69.3 Å². The summed E-state index contributed by atoms with van der Waals surface area (Å²) in [6, 6.07) is 21.7. The van der Waals surface area contributed by atoms with Gasteiger partial charge >= 0.3 is 0 Å². The molecule has 266 valence electrons. The van der Waals surface area contributed by atoms with Gasteiger partial charge in [0.1, 0.15) is 5.69 Å². The predicted molar refractivity (Wildman–Crippen MR) is 206 cm³/mol. The quantitative estimate of drug-likeness (QED) is 0.166. The molecule has 0 unspecified atom stereocenters. The molecule has 51 heavy (non-hydrogen) atoms. The number of hydrogen-bond acceptors (Lipinski definition) is 5. The van der Waals surface area contributed by atoms with Crippen molar-refractivity contribution in [2.75, 3.05) is 39.4 Å². The van der Waals surface area contributed by atoms with Gasteiger partial charge in [-0.2, -0.15) is 0 Å². The Morgan fingerprint density at radius 3 is 2.39 bits per heavy atom. The summed E-state index contributed by atoms with van der Waals surface area (Å²) in [5.74, 6) is -0.192. The van der Waals surface area contributed by atoms with Gasteiger partial charge in [-0.15, -0.1) is 0 Å². The number of benzene rings is 3. The zero-order valence-electron chi connectivity index (χ0n) is 28.8. The Bertz CT molecular complexity index is 2020. The Morgan fingerprint density at radius 2 is 1.63 bits per heavy atom. The van der Waals surface area contributed by atoms with E-state index in [2.05, 4.69) is 31.6 Å². The first kappa shape index (κ1) is 34.7. The van der Waals surface area contributed by atoms with Crippen molar-refractivity contribution in [3.8, 4) is 22.5 Å². The van der Waals surface area contributed by atoms with E-state index in [-0.39, 0.29) is 24.0 Å². The van der Waals surface area contributed by atoms with Crippen LogP contribution in [0.25, 0.3) is 33.4 Å². The fourth-order valence-corrected chi connectivity index (χ4v) is 9.19. The zero-order valence-corrected chi connectivity index (χ0v) is 31.0. The van der Waals surface area contributed by atoms with Crippen LogP contribution >= 0.6 is 34.8 Å². The largest absolute Gasteiger partial charge is 0.378 e. The Morgan fingerprint density at radius 1 is 0.902 bits per heavy atom. The molecule has 1 amide bonds. The van der Waals surface area contributed by atoms with Crippen LogP contribution in [0.3, 0.4) is 0 Å². The summed E-state index contributed by atoms with van der Waals surface area (Å²) in [6.07, 6.45) is 8.53. The number of rotatable bonds is 8. The maximum atomic E-state index is 14.6. The number of imidazole rings is 1. The third kappa shape index (κ3) is 6.95. The predicted octanol–water partition coefficient (Wildman–Crippen LogP) is 8.72. The van der Waals surface area contributed by atoms with Gasteiger partial charge in [0.25, 0.3) is 5.91 Å². The first-order chi connectivity index (χ1) is 24.9. The lowest BCUT2D eigenvalue weighted by atomic mass is 9.93. The number of hydrogen-bond donors (Lipinski definition) is 2. The van der Waals surface area contributed by atoms with Crippen LogP contribution in [0.2, 0.25) is 15.1 Å². The van der Waals surface area contributed by atoms with Gasteiger partial charge in [0.2, 0.25) is 0 Å². The number of carbonyl (C=O) groups is 1. The number of piperazine rings is 1. The molecule has 3 atom stereocenters. The van der Waals surface area contributed by atoms with E-state index in [1.807, 2.05) is 67.0 Å². The van der Waals surface area contributed by atoms with Crippen LogP contribution in [0.5, 0.6) is 0 Å². The fraction of sp³-hybridized carbons (Fsp3) is 0.400. The summed E-state index contributed by atoms with van der Waals surface area (Å²) in [5, 5.41) is 5.98. The molecular weight excluding hydrogens is 703 g/mol. The fourth-order valence-electron chi connectivity index (χ4n) is 8.45. The molecule has 2 aliphatic heterocycles. The molecule has 5 aromatic rings. The number of aromatic nitrogens is 3. The van der Waals surface area contributed by atoms with Crippen LogP contribution in [-0.2, 0) is 4.74 Å². The first-order valence-corrected chi connectivity index (χ1v) is 19.2.